The van der Waals surface area contributed by atoms with E-state index in [2.05, 4.69) is 21.2 Å². The van der Waals surface area contributed by atoms with Gasteiger partial charge in [-0.2, -0.15) is 0 Å². The van der Waals surface area contributed by atoms with E-state index < -0.39 is 9.84 Å². The van der Waals surface area contributed by atoms with Gasteiger partial charge in [0.2, 0.25) is 0 Å². The summed E-state index contributed by atoms with van der Waals surface area (Å²) < 4.78 is 24.2. The molecule has 2 aromatic rings. The van der Waals surface area contributed by atoms with Crippen molar-refractivity contribution in [3.8, 4) is 0 Å². The molecule has 0 aliphatic rings. The average molecular weight is 410 g/mol. The molecule has 2 rings (SSSR count). The number of sulfone groups is 1. The number of rotatable bonds is 6. The van der Waals surface area contributed by atoms with Gasteiger partial charge in [-0.05, 0) is 55.7 Å². The molecule has 128 valence electrons. The van der Waals surface area contributed by atoms with E-state index in [-0.39, 0.29) is 16.8 Å². The Labute approximate surface area is 151 Å². The van der Waals surface area contributed by atoms with Crippen LogP contribution in [0.2, 0.25) is 0 Å². The van der Waals surface area contributed by atoms with Gasteiger partial charge in [-0.25, -0.2) is 8.42 Å². The Morgan fingerprint density at radius 2 is 1.83 bits per heavy atom. The fourth-order valence-corrected chi connectivity index (χ4v) is 3.21. The number of nitrogens with one attached hydrogen (secondary N) is 1. The Kier molecular flexibility index (Phi) is 6.18. The Morgan fingerprint density at radius 3 is 2.46 bits per heavy atom. The summed E-state index contributed by atoms with van der Waals surface area (Å²) in [5.74, 6) is -0.260. The maximum Gasteiger partial charge on any atom is 0.251 e. The fourth-order valence-electron chi connectivity index (χ4n) is 2.28. The molecule has 24 heavy (non-hydrogen) atoms. The minimum absolute atomic E-state index is 0.0111. The summed E-state index contributed by atoms with van der Waals surface area (Å²) in [4.78, 5) is 12.4. The van der Waals surface area contributed by atoms with Gasteiger partial charge in [0, 0.05) is 22.3 Å². The number of halogens is 1. The molecule has 0 saturated carbocycles. The lowest BCUT2D eigenvalue weighted by Gasteiger charge is -2.14. The maximum absolute atomic E-state index is 12.3. The monoisotopic (exact) mass is 409 g/mol. The number of amides is 1. The zero-order valence-electron chi connectivity index (χ0n) is 13.6. The normalized spacial score (nSPS) is 12.6. The third-order valence-electron chi connectivity index (χ3n) is 3.68. The molecule has 2 aromatic carbocycles. The van der Waals surface area contributed by atoms with Gasteiger partial charge in [-0.1, -0.05) is 34.1 Å². The van der Waals surface area contributed by atoms with Gasteiger partial charge < -0.3 is 5.32 Å². The standard InChI is InChI=1S/C18H20BrNO3S/c1-13(6-7-14-8-10-16(19)11-9-14)20-18(21)15-4-3-5-17(12-15)24(2,22)23/h3-5,8-13H,6-7H2,1-2H3,(H,20,21). The summed E-state index contributed by atoms with van der Waals surface area (Å²) >= 11 is 3.40. The number of carbonyl (C=O) groups is 1. The highest BCUT2D eigenvalue weighted by Crippen LogP contribution is 2.14. The second-order valence-electron chi connectivity index (χ2n) is 5.84. The van der Waals surface area contributed by atoms with Crippen molar-refractivity contribution in [2.45, 2.75) is 30.7 Å². The van der Waals surface area contributed by atoms with Crippen molar-refractivity contribution in [2.75, 3.05) is 6.26 Å². The third-order valence-corrected chi connectivity index (χ3v) is 5.32. The number of carbonyl (C=O) groups excluding carboxylic acids is 1. The van der Waals surface area contributed by atoms with Gasteiger partial charge >= 0.3 is 0 Å². The van der Waals surface area contributed by atoms with Crippen LogP contribution in [0.15, 0.2) is 57.9 Å². The van der Waals surface area contributed by atoms with Crippen LogP contribution in [-0.4, -0.2) is 26.6 Å². The predicted molar refractivity (Wildman–Crippen MR) is 98.9 cm³/mol. The molecule has 1 amide bonds. The molecule has 0 aromatic heterocycles. The smallest absolute Gasteiger partial charge is 0.251 e. The van der Waals surface area contributed by atoms with Crippen molar-refractivity contribution < 1.29 is 13.2 Å². The minimum atomic E-state index is -3.32. The molecular weight excluding hydrogens is 390 g/mol. The van der Waals surface area contributed by atoms with Crippen molar-refractivity contribution in [1.82, 2.24) is 5.32 Å². The minimum Gasteiger partial charge on any atom is -0.350 e. The zero-order chi connectivity index (χ0) is 17.7. The van der Waals surface area contributed by atoms with E-state index >= 15 is 0 Å². The van der Waals surface area contributed by atoms with E-state index in [1.165, 1.54) is 17.7 Å². The Morgan fingerprint density at radius 1 is 1.17 bits per heavy atom. The lowest BCUT2D eigenvalue weighted by Crippen LogP contribution is -2.33. The molecule has 4 nitrogen and oxygen atoms in total. The summed E-state index contributed by atoms with van der Waals surface area (Å²) in [5.41, 5.74) is 1.56. The lowest BCUT2D eigenvalue weighted by atomic mass is 10.1. The van der Waals surface area contributed by atoms with E-state index in [1.54, 1.807) is 12.1 Å². The second kappa shape index (κ2) is 7.94. The molecule has 1 unspecified atom stereocenters. The van der Waals surface area contributed by atoms with Crippen molar-refractivity contribution in [3.05, 3.63) is 64.1 Å². The van der Waals surface area contributed by atoms with Crippen molar-refractivity contribution in [2.24, 2.45) is 0 Å². The largest absolute Gasteiger partial charge is 0.350 e. The van der Waals surface area contributed by atoms with E-state index in [9.17, 15) is 13.2 Å². The van der Waals surface area contributed by atoms with Crippen molar-refractivity contribution in [1.29, 1.82) is 0 Å². The van der Waals surface area contributed by atoms with Crippen LogP contribution in [0.3, 0.4) is 0 Å². The molecule has 0 aliphatic carbocycles. The first-order valence-electron chi connectivity index (χ1n) is 7.61. The molecule has 0 fully saturated rings. The third kappa shape index (κ3) is 5.46. The predicted octanol–water partition coefficient (Wildman–Crippen LogP) is 3.60. The highest BCUT2D eigenvalue weighted by atomic mass is 79.9. The van der Waals surface area contributed by atoms with Gasteiger partial charge in [0.05, 0.1) is 4.90 Å². The van der Waals surface area contributed by atoms with Gasteiger partial charge in [0.25, 0.3) is 5.91 Å². The van der Waals surface area contributed by atoms with E-state index in [1.807, 2.05) is 31.2 Å². The zero-order valence-corrected chi connectivity index (χ0v) is 16.0. The van der Waals surface area contributed by atoms with Crippen LogP contribution >= 0.6 is 15.9 Å². The first-order valence-corrected chi connectivity index (χ1v) is 10.3. The van der Waals surface area contributed by atoms with Gasteiger partial charge in [-0.3, -0.25) is 4.79 Å². The SMILES string of the molecule is CC(CCc1ccc(Br)cc1)NC(=O)c1cccc(S(C)(=O)=O)c1. The van der Waals surface area contributed by atoms with E-state index in [0.29, 0.717) is 5.56 Å². The lowest BCUT2D eigenvalue weighted by molar-refractivity contribution is 0.0938. The first-order chi connectivity index (χ1) is 11.3. The summed E-state index contributed by atoms with van der Waals surface area (Å²) in [6, 6.07) is 14.2. The fraction of sp³-hybridized carbons (Fsp3) is 0.278. The summed E-state index contributed by atoms with van der Waals surface area (Å²) in [6.07, 6.45) is 2.79. The topological polar surface area (TPSA) is 63.2 Å². The number of hydrogen-bond donors (Lipinski definition) is 1. The summed E-state index contributed by atoms with van der Waals surface area (Å²) in [7, 11) is -3.32. The van der Waals surface area contributed by atoms with Crippen molar-refractivity contribution in [3.63, 3.8) is 0 Å². The number of hydrogen-bond acceptors (Lipinski definition) is 3. The van der Waals surface area contributed by atoms with Gasteiger partial charge in [0.1, 0.15) is 0 Å². The molecule has 0 bridgehead atoms. The molecule has 6 heteroatoms. The number of benzene rings is 2. The van der Waals surface area contributed by atoms with E-state index in [0.717, 1.165) is 23.6 Å². The first kappa shape index (κ1) is 18.7. The van der Waals surface area contributed by atoms with Crippen LogP contribution < -0.4 is 5.32 Å². The highest BCUT2D eigenvalue weighted by molar-refractivity contribution is 9.10. The highest BCUT2D eigenvalue weighted by Gasteiger charge is 2.13. The summed E-state index contributed by atoms with van der Waals surface area (Å²) in [6.45, 7) is 1.94. The van der Waals surface area contributed by atoms with Crippen LogP contribution in [0.1, 0.15) is 29.3 Å². The molecule has 0 heterocycles. The Bertz CT molecular complexity index is 816. The van der Waals surface area contributed by atoms with Crippen LogP contribution in [0, 0.1) is 0 Å². The maximum atomic E-state index is 12.3. The van der Waals surface area contributed by atoms with Crippen LogP contribution in [0.5, 0.6) is 0 Å². The quantitative estimate of drug-likeness (QED) is 0.792. The molecule has 0 saturated heterocycles. The average Bonchev–Trinajstić information content (AvgIpc) is 2.53. The molecule has 1 N–H and O–H groups in total. The number of aryl methyl sites for hydroxylation is 1. The summed E-state index contributed by atoms with van der Waals surface area (Å²) in [5, 5.41) is 2.91. The van der Waals surface area contributed by atoms with Crippen molar-refractivity contribution >= 4 is 31.7 Å². The van der Waals surface area contributed by atoms with Gasteiger partial charge in [0.15, 0.2) is 9.84 Å². The molecule has 0 spiro atoms. The van der Waals surface area contributed by atoms with E-state index in [4.69, 9.17) is 0 Å². The van der Waals surface area contributed by atoms with Gasteiger partial charge in [-0.15, -0.1) is 0 Å². The molecule has 0 radical (unpaired) electrons. The van der Waals surface area contributed by atoms with Crippen LogP contribution in [0.25, 0.3) is 0 Å². The molecule has 0 aliphatic heterocycles. The second-order valence-corrected chi connectivity index (χ2v) is 8.77. The molecule has 1 atom stereocenters. The van der Waals surface area contributed by atoms with Crippen LogP contribution in [0.4, 0.5) is 0 Å². The Hall–Kier alpha value is -1.66. The molecular formula is C18H20BrNO3S. The van der Waals surface area contributed by atoms with Crippen LogP contribution in [-0.2, 0) is 16.3 Å². The Balaban J connectivity index is 1.95.